The summed E-state index contributed by atoms with van der Waals surface area (Å²) >= 11 is 8.34. The van der Waals surface area contributed by atoms with Gasteiger partial charge in [-0.2, -0.15) is 0 Å². The van der Waals surface area contributed by atoms with Crippen molar-refractivity contribution in [1.29, 1.82) is 0 Å². The second kappa shape index (κ2) is 6.15. The Morgan fingerprint density at radius 1 is 1.38 bits per heavy atom. The van der Waals surface area contributed by atoms with Crippen molar-refractivity contribution in [2.24, 2.45) is 0 Å². The number of halogens is 4. The predicted molar refractivity (Wildman–Crippen MR) is 62.6 cm³/mol. The van der Waals surface area contributed by atoms with E-state index in [4.69, 9.17) is 11.6 Å². The summed E-state index contributed by atoms with van der Waals surface area (Å²) in [6, 6.07) is 2.17. The second-order valence-corrected chi connectivity index (χ2v) is 4.38. The summed E-state index contributed by atoms with van der Waals surface area (Å²) in [4.78, 5) is 11.2. The number of alkyl halides is 1. The van der Waals surface area contributed by atoms with Gasteiger partial charge in [-0.25, -0.2) is 8.78 Å². The van der Waals surface area contributed by atoms with E-state index >= 15 is 0 Å². The molecule has 0 atom stereocenters. The fourth-order valence-electron chi connectivity index (χ4n) is 1.09. The lowest BCUT2D eigenvalue weighted by molar-refractivity contribution is -0.116. The molecule has 0 aromatic heterocycles. The summed E-state index contributed by atoms with van der Waals surface area (Å²) in [5, 5.41) is 2.17. The first-order chi connectivity index (χ1) is 7.54. The zero-order valence-corrected chi connectivity index (χ0v) is 10.5. The molecule has 0 aliphatic carbocycles. The maximum absolute atomic E-state index is 13.3. The van der Waals surface area contributed by atoms with Crippen LogP contribution in [0, 0.1) is 11.6 Å². The Hall–Kier alpha value is -0.680. The largest absolute Gasteiger partial charge is 0.321 e. The lowest BCUT2D eigenvalue weighted by Gasteiger charge is -2.07. The van der Waals surface area contributed by atoms with E-state index in [9.17, 15) is 13.6 Å². The van der Waals surface area contributed by atoms with Gasteiger partial charge in [0.2, 0.25) is 5.91 Å². The molecule has 0 saturated carbocycles. The topological polar surface area (TPSA) is 29.1 Å². The van der Waals surface area contributed by atoms with Crippen LogP contribution in [-0.4, -0.2) is 11.8 Å². The zero-order valence-electron chi connectivity index (χ0n) is 8.20. The zero-order chi connectivity index (χ0) is 12.1. The number of benzene rings is 1. The van der Waals surface area contributed by atoms with Crippen molar-refractivity contribution >= 4 is 39.1 Å². The number of hydrogen-bond acceptors (Lipinski definition) is 1. The van der Waals surface area contributed by atoms with Crippen LogP contribution in [0.5, 0.6) is 0 Å². The Bertz CT molecular complexity index is 377. The van der Waals surface area contributed by atoms with Gasteiger partial charge in [-0.3, -0.25) is 4.79 Å². The maximum atomic E-state index is 13.3. The molecule has 88 valence electrons. The molecule has 0 saturated heterocycles. The van der Waals surface area contributed by atoms with Crippen LogP contribution in [0.2, 0.25) is 0 Å². The summed E-state index contributed by atoms with van der Waals surface area (Å²) in [6.45, 7) is 0. The minimum absolute atomic E-state index is 0.137. The van der Waals surface area contributed by atoms with Gasteiger partial charge in [0.05, 0.1) is 0 Å². The molecule has 0 spiro atoms. The fourth-order valence-corrected chi connectivity index (χ4v) is 1.63. The highest BCUT2D eigenvalue weighted by Gasteiger charge is 2.13. The molecule has 1 aromatic carbocycles. The number of anilines is 1. The molecule has 16 heavy (non-hydrogen) atoms. The van der Waals surface area contributed by atoms with Gasteiger partial charge < -0.3 is 5.32 Å². The number of amides is 1. The van der Waals surface area contributed by atoms with E-state index in [1.54, 1.807) is 0 Å². The third kappa shape index (κ3) is 3.72. The molecule has 1 aromatic rings. The van der Waals surface area contributed by atoms with Crippen LogP contribution in [0.4, 0.5) is 14.5 Å². The van der Waals surface area contributed by atoms with Crippen LogP contribution in [0.1, 0.15) is 12.8 Å². The van der Waals surface area contributed by atoms with Crippen molar-refractivity contribution < 1.29 is 13.6 Å². The first kappa shape index (κ1) is 13.4. The Morgan fingerprint density at radius 2 is 1.94 bits per heavy atom. The number of carbonyl (C=O) groups excluding carboxylic acids is 1. The van der Waals surface area contributed by atoms with E-state index in [-0.39, 0.29) is 10.9 Å². The quantitative estimate of drug-likeness (QED) is 0.844. The average molecular weight is 313 g/mol. The molecular formula is C10H9BrClF2NO. The molecular weight excluding hydrogens is 303 g/mol. The van der Waals surface area contributed by atoms with Crippen LogP contribution >= 0.6 is 27.5 Å². The molecule has 6 heteroatoms. The standard InChI is InChI=1S/C10H9BrClF2NO/c11-6-4-7(13)10(8(14)5-6)15-9(16)2-1-3-12/h4-5H,1-3H2,(H,15,16). The minimum Gasteiger partial charge on any atom is -0.321 e. The molecule has 1 amide bonds. The van der Waals surface area contributed by atoms with E-state index in [0.29, 0.717) is 12.3 Å². The van der Waals surface area contributed by atoms with Crippen molar-refractivity contribution in [3.05, 3.63) is 28.2 Å². The summed E-state index contributed by atoms with van der Waals surface area (Å²) < 4.78 is 26.8. The van der Waals surface area contributed by atoms with Crippen LogP contribution in [-0.2, 0) is 4.79 Å². The number of rotatable bonds is 4. The lowest BCUT2D eigenvalue weighted by atomic mass is 10.2. The van der Waals surface area contributed by atoms with Crippen molar-refractivity contribution in [3.8, 4) is 0 Å². The second-order valence-electron chi connectivity index (χ2n) is 3.09. The van der Waals surface area contributed by atoms with Gasteiger partial charge in [0, 0.05) is 16.8 Å². The van der Waals surface area contributed by atoms with Crippen LogP contribution < -0.4 is 5.32 Å². The number of nitrogens with one attached hydrogen (secondary N) is 1. The van der Waals surface area contributed by atoms with Gasteiger partial charge in [0.25, 0.3) is 0 Å². The van der Waals surface area contributed by atoms with Crippen molar-refractivity contribution in [2.45, 2.75) is 12.8 Å². The van der Waals surface area contributed by atoms with E-state index in [2.05, 4.69) is 21.2 Å². The first-order valence-corrected chi connectivity index (χ1v) is 5.87. The molecule has 0 bridgehead atoms. The minimum atomic E-state index is -0.814. The predicted octanol–water partition coefficient (Wildman–Crippen LogP) is 3.68. The van der Waals surface area contributed by atoms with E-state index in [1.807, 2.05) is 0 Å². The smallest absolute Gasteiger partial charge is 0.224 e. The van der Waals surface area contributed by atoms with Crippen LogP contribution in [0.25, 0.3) is 0 Å². The highest BCUT2D eigenvalue weighted by molar-refractivity contribution is 9.10. The molecule has 0 radical (unpaired) electrons. The van der Waals surface area contributed by atoms with Gasteiger partial charge in [-0.15, -0.1) is 11.6 Å². The van der Waals surface area contributed by atoms with Gasteiger partial charge >= 0.3 is 0 Å². The van der Waals surface area contributed by atoms with Gasteiger partial charge in [-0.1, -0.05) is 15.9 Å². The normalized spacial score (nSPS) is 10.2. The van der Waals surface area contributed by atoms with Crippen molar-refractivity contribution in [1.82, 2.24) is 0 Å². The monoisotopic (exact) mass is 311 g/mol. The SMILES string of the molecule is O=C(CCCCl)Nc1c(F)cc(Br)cc1F. The van der Waals surface area contributed by atoms with E-state index in [1.165, 1.54) is 0 Å². The van der Waals surface area contributed by atoms with Crippen molar-refractivity contribution in [3.63, 3.8) is 0 Å². The number of hydrogen-bond donors (Lipinski definition) is 1. The summed E-state index contributed by atoms with van der Waals surface area (Å²) in [7, 11) is 0. The molecule has 0 aliphatic heterocycles. The Labute approximate surface area is 105 Å². The maximum Gasteiger partial charge on any atom is 0.224 e. The lowest BCUT2D eigenvalue weighted by Crippen LogP contribution is -2.13. The van der Waals surface area contributed by atoms with Gasteiger partial charge in [0.1, 0.15) is 5.69 Å². The molecule has 0 fully saturated rings. The molecule has 0 heterocycles. The Balaban J connectivity index is 2.77. The fraction of sp³-hybridized carbons (Fsp3) is 0.300. The third-order valence-corrected chi connectivity index (χ3v) is 2.53. The van der Waals surface area contributed by atoms with Gasteiger partial charge in [0.15, 0.2) is 11.6 Å². The van der Waals surface area contributed by atoms with Gasteiger partial charge in [-0.05, 0) is 18.6 Å². The molecule has 1 rings (SSSR count). The number of carbonyl (C=O) groups is 1. The Morgan fingerprint density at radius 3 is 2.44 bits per heavy atom. The van der Waals surface area contributed by atoms with Crippen LogP contribution in [0.15, 0.2) is 16.6 Å². The third-order valence-electron chi connectivity index (χ3n) is 1.81. The molecule has 2 nitrogen and oxygen atoms in total. The van der Waals surface area contributed by atoms with Crippen molar-refractivity contribution in [2.75, 3.05) is 11.2 Å². The Kier molecular flexibility index (Phi) is 5.15. The summed E-state index contributed by atoms with van der Waals surface area (Å²) in [5.41, 5.74) is -0.428. The van der Waals surface area contributed by atoms with E-state index in [0.717, 1.165) is 12.1 Å². The van der Waals surface area contributed by atoms with Crippen LogP contribution in [0.3, 0.4) is 0 Å². The summed E-state index contributed by atoms with van der Waals surface area (Å²) in [6.07, 6.45) is 0.603. The highest BCUT2D eigenvalue weighted by atomic mass is 79.9. The first-order valence-electron chi connectivity index (χ1n) is 4.55. The highest BCUT2D eigenvalue weighted by Crippen LogP contribution is 2.23. The molecule has 0 aliphatic rings. The van der Waals surface area contributed by atoms with E-state index < -0.39 is 23.2 Å². The average Bonchev–Trinajstić information content (AvgIpc) is 2.20. The molecule has 1 N–H and O–H groups in total. The molecule has 0 unspecified atom stereocenters. The summed E-state index contributed by atoms with van der Waals surface area (Å²) in [5.74, 6) is -1.75.